The SMILES string of the molecule is C=C(C(C)C)C1CCC(C(C)C)CC1. The van der Waals surface area contributed by atoms with Gasteiger partial charge < -0.3 is 0 Å². The molecule has 0 aliphatic heterocycles. The molecule has 0 aromatic carbocycles. The molecular formula is C14H26. The molecule has 0 amide bonds. The van der Waals surface area contributed by atoms with E-state index in [1.807, 2.05) is 0 Å². The Labute approximate surface area is 89.8 Å². The van der Waals surface area contributed by atoms with E-state index in [9.17, 15) is 0 Å². The fraction of sp³-hybridized carbons (Fsp3) is 0.857. The number of hydrogen-bond acceptors (Lipinski definition) is 0. The van der Waals surface area contributed by atoms with E-state index in [0.717, 1.165) is 17.8 Å². The average Bonchev–Trinajstić information content (AvgIpc) is 2.16. The first-order valence-electron chi connectivity index (χ1n) is 6.21. The molecule has 0 unspecified atom stereocenters. The summed E-state index contributed by atoms with van der Waals surface area (Å²) >= 11 is 0. The Morgan fingerprint density at radius 1 is 1.00 bits per heavy atom. The summed E-state index contributed by atoms with van der Waals surface area (Å²) in [6.07, 6.45) is 5.63. The normalized spacial score (nSPS) is 28.4. The van der Waals surface area contributed by atoms with Gasteiger partial charge >= 0.3 is 0 Å². The Bertz CT molecular complexity index is 180. The average molecular weight is 194 g/mol. The summed E-state index contributed by atoms with van der Waals surface area (Å²) in [7, 11) is 0. The van der Waals surface area contributed by atoms with Crippen molar-refractivity contribution in [2.75, 3.05) is 0 Å². The summed E-state index contributed by atoms with van der Waals surface area (Å²) in [5.74, 6) is 3.36. The van der Waals surface area contributed by atoms with Crippen molar-refractivity contribution in [1.82, 2.24) is 0 Å². The predicted octanol–water partition coefficient (Wildman–Crippen LogP) is 4.66. The quantitative estimate of drug-likeness (QED) is 0.573. The molecule has 0 atom stereocenters. The van der Waals surface area contributed by atoms with E-state index in [-0.39, 0.29) is 0 Å². The molecule has 0 nitrogen and oxygen atoms in total. The molecule has 0 aromatic rings. The first-order chi connectivity index (χ1) is 6.52. The lowest BCUT2D eigenvalue weighted by atomic mass is 9.73. The molecule has 1 rings (SSSR count). The third-order valence-corrected chi connectivity index (χ3v) is 3.98. The molecule has 0 heterocycles. The molecule has 1 aliphatic rings. The lowest BCUT2D eigenvalue weighted by Gasteiger charge is -2.33. The van der Waals surface area contributed by atoms with Gasteiger partial charge in [0.25, 0.3) is 0 Å². The van der Waals surface area contributed by atoms with E-state index in [2.05, 4.69) is 34.3 Å². The van der Waals surface area contributed by atoms with Gasteiger partial charge in [0.05, 0.1) is 0 Å². The maximum atomic E-state index is 4.25. The second kappa shape index (κ2) is 5.00. The van der Waals surface area contributed by atoms with Gasteiger partial charge in [-0.25, -0.2) is 0 Å². The van der Waals surface area contributed by atoms with Crippen LogP contribution in [0.4, 0.5) is 0 Å². The number of hydrogen-bond donors (Lipinski definition) is 0. The lowest BCUT2D eigenvalue weighted by molar-refractivity contribution is 0.237. The monoisotopic (exact) mass is 194 g/mol. The van der Waals surface area contributed by atoms with Crippen LogP contribution in [0.25, 0.3) is 0 Å². The van der Waals surface area contributed by atoms with Crippen molar-refractivity contribution < 1.29 is 0 Å². The fourth-order valence-electron chi connectivity index (χ4n) is 2.63. The lowest BCUT2D eigenvalue weighted by Crippen LogP contribution is -2.20. The van der Waals surface area contributed by atoms with E-state index in [4.69, 9.17) is 0 Å². The highest BCUT2D eigenvalue weighted by Gasteiger charge is 2.25. The van der Waals surface area contributed by atoms with Crippen molar-refractivity contribution in [3.05, 3.63) is 12.2 Å². The van der Waals surface area contributed by atoms with E-state index >= 15 is 0 Å². The van der Waals surface area contributed by atoms with E-state index in [1.54, 1.807) is 0 Å². The van der Waals surface area contributed by atoms with Gasteiger partial charge in [0.15, 0.2) is 0 Å². The van der Waals surface area contributed by atoms with Crippen LogP contribution in [0, 0.1) is 23.7 Å². The number of rotatable bonds is 3. The standard InChI is InChI=1S/C14H26/c1-10(2)12(5)14-8-6-13(7-9-14)11(3)4/h10-11,13-14H,5-9H2,1-4H3. The highest BCUT2D eigenvalue weighted by molar-refractivity contribution is 5.04. The van der Waals surface area contributed by atoms with Gasteiger partial charge in [0.2, 0.25) is 0 Å². The summed E-state index contributed by atoms with van der Waals surface area (Å²) in [6.45, 7) is 13.5. The predicted molar refractivity (Wildman–Crippen MR) is 64.3 cm³/mol. The van der Waals surface area contributed by atoms with Crippen LogP contribution in [0.1, 0.15) is 53.4 Å². The van der Waals surface area contributed by atoms with E-state index in [0.29, 0.717) is 5.92 Å². The van der Waals surface area contributed by atoms with Crippen molar-refractivity contribution >= 4 is 0 Å². The Morgan fingerprint density at radius 3 is 1.86 bits per heavy atom. The minimum atomic E-state index is 0.676. The zero-order valence-corrected chi connectivity index (χ0v) is 10.3. The zero-order chi connectivity index (χ0) is 10.7. The summed E-state index contributed by atoms with van der Waals surface area (Å²) in [4.78, 5) is 0. The third kappa shape index (κ3) is 2.87. The van der Waals surface area contributed by atoms with Gasteiger partial charge in [-0.1, -0.05) is 39.8 Å². The maximum Gasteiger partial charge on any atom is -0.0203 e. The molecule has 0 N–H and O–H groups in total. The van der Waals surface area contributed by atoms with Gasteiger partial charge in [0.1, 0.15) is 0 Å². The Balaban J connectivity index is 2.39. The zero-order valence-electron chi connectivity index (χ0n) is 10.3. The minimum Gasteiger partial charge on any atom is -0.0993 e. The van der Waals surface area contributed by atoms with Gasteiger partial charge in [-0.05, 0) is 49.4 Å². The van der Waals surface area contributed by atoms with E-state index in [1.165, 1.54) is 31.3 Å². The first kappa shape index (κ1) is 11.8. The Kier molecular flexibility index (Phi) is 4.22. The van der Waals surface area contributed by atoms with Crippen molar-refractivity contribution in [2.24, 2.45) is 23.7 Å². The van der Waals surface area contributed by atoms with Crippen LogP contribution in [0.2, 0.25) is 0 Å². The summed E-state index contributed by atoms with van der Waals surface area (Å²) < 4.78 is 0. The molecule has 0 saturated heterocycles. The molecule has 82 valence electrons. The van der Waals surface area contributed by atoms with Crippen LogP contribution in [0.5, 0.6) is 0 Å². The van der Waals surface area contributed by atoms with Crippen molar-refractivity contribution in [3.63, 3.8) is 0 Å². The van der Waals surface area contributed by atoms with E-state index < -0.39 is 0 Å². The topological polar surface area (TPSA) is 0 Å². The van der Waals surface area contributed by atoms with Crippen molar-refractivity contribution in [1.29, 1.82) is 0 Å². The molecule has 1 fully saturated rings. The van der Waals surface area contributed by atoms with Crippen LogP contribution in [-0.4, -0.2) is 0 Å². The molecule has 1 aliphatic carbocycles. The van der Waals surface area contributed by atoms with Crippen LogP contribution in [0.3, 0.4) is 0 Å². The third-order valence-electron chi connectivity index (χ3n) is 3.98. The molecule has 14 heavy (non-hydrogen) atoms. The van der Waals surface area contributed by atoms with Crippen LogP contribution in [0.15, 0.2) is 12.2 Å². The summed E-state index contributed by atoms with van der Waals surface area (Å²) in [5, 5.41) is 0. The molecular weight excluding hydrogens is 168 g/mol. The molecule has 0 spiro atoms. The van der Waals surface area contributed by atoms with Gasteiger partial charge in [0, 0.05) is 0 Å². The summed E-state index contributed by atoms with van der Waals surface area (Å²) in [6, 6.07) is 0. The van der Waals surface area contributed by atoms with Gasteiger partial charge in [-0.3, -0.25) is 0 Å². The number of allylic oxidation sites excluding steroid dienone is 1. The Hall–Kier alpha value is -0.260. The smallest absolute Gasteiger partial charge is 0.0203 e. The van der Waals surface area contributed by atoms with Crippen LogP contribution in [-0.2, 0) is 0 Å². The largest absolute Gasteiger partial charge is 0.0993 e. The molecule has 0 radical (unpaired) electrons. The van der Waals surface area contributed by atoms with Crippen LogP contribution >= 0.6 is 0 Å². The maximum absolute atomic E-state index is 4.25. The summed E-state index contributed by atoms with van der Waals surface area (Å²) in [5.41, 5.74) is 1.49. The molecule has 0 heteroatoms. The molecule has 0 bridgehead atoms. The van der Waals surface area contributed by atoms with Crippen molar-refractivity contribution in [2.45, 2.75) is 53.4 Å². The first-order valence-corrected chi connectivity index (χ1v) is 6.21. The second-order valence-corrected chi connectivity index (χ2v) is 5.59. The van der Waals surface area contributed by atoms with Crippen LogP contribution < -0.4 is 0 Å². The van der Waals surface area contributed by atoms with Gasteiger partial charge in [-0.15, -0.1) is 0 Å². The highest BCUT2D eigenvalue weighted by atomic mass is 14.3. The molecule has 1 saturated carbocycles. The fourth-order valence-corrected chi connectivity index (χ4v) is 2.63. The van der Waals surface area contributed by atoms with Crippen molar-refractivity contribution in [3.8, 4) is 0 Å². The minimum absolute atomic E-state index is 0.676. The molecule has 0 aromatic heterocycles. The Morgan fingerprint density at radius 2 is 1.50 bits per heavy atom. The van der Waals surface area contributed by atoms with Gasteiger partial charge in [-0.2, -0.15) is 0 Å². The highest BCUT2D eigenvalue weighted by Crippen LogP contribution is 2.37. The second-order valence-electron chi connectivity index (χ2n) is 5.59.